The first-order valence-electron chi connectivity index (χ1n) is 14.6. The summed E-state index contributed by atoms with van der Waals surface area (Å²) in [6.07, 6.45) is -0.108. The normalized spacial score (nSPS) is 12.4. The molecule has 0 saturated heterocycles. The van der Waals surface area contributed by atoms with Gasteiger partial charge in [-0.25, -0.2) is 0 Å². The van der Waals surface area contributed by atoms with Crippen LogP contribution >= 0.6 is 0 Å². The van der Waals surface area contributed by atoms with Gasteiger partial charge in [0, 0.05) is 0 Å². The molecule has 0 aliphatic heterocycles. The Hall–Kier alpha value is -3.75. The summed E-state index contributed by atoms with van der Waals surface area (Å²) < 4.78 is 13.2. The SMILES string of the molecule is CC(C)(C)[Si](OC(=O)CCC(=O)O[Si](c1ccccc1)(c1ccccc1)C(C)(C)C)(c1ccccc1)c1ccccc1. The van der Waals surface area contributed by atoms with Crippen LogP contribution in [0.15, 0.2) is 121 Å². The molecule has 0 aromatic heterocycles. The quantitative estimate of drug-likeness (QED) is 0.224. The highest BCUT2D eigenvalue weighted by Crippen LogP contribution is 2.38. The highest BCUT2D eigenvalue weighted by molar-refractivity contribution is 7.01. The molecule has 4 rings (SSSR count). The predicted octanol–water partition coefficient (Wildman–Crippen LogP) is 5.97. The van der Waals surface area contributed by atoms with Crippen molar-refractivity contribution in [1.82, 2.24) is 0 Å². The van der Waals surface area contributed by atoms with E-state index in [0.29, 0.717) is 0 Å². The Morgan fingerprint density at radius 2 is 0.667 bits per heavy atom. The number of hydrogen-bond acceptors (Lipinski definition) is 4. The van der Waals surface area contributed by atoms with Gasteiger partial charge >= 0.3 is 16.6 Å². The minimum Gasteiger partial charge on any atom is -0.510 e. The molecule has 4 nitrogen and oxygen atoms in total. The Morgan fingerprint density at radius 1 is 0.452 bits per heavy atom. The smallest absolute Gasteiger partial charge is 0.323 e. The van der Waals surface area contributed by atoms with Crippen LogP contribution in [0, 0.1) is 0 Å². The lowest BCUT2D eigenvalue weighted by Crippen LogP contribution is -2.67. The number of carbonyl (C=O) groups is 2. The van der Waals surface area contributed by atoms with Crippen LogP contribution in [-0.2, 0) is 18.4 Å². The molecule has 42 heavy (non-hydrogen) atoms. The molecule has 0 heterocycles. The first-order valence-corrected chi connectivity index (χ1v) is 18.4. The molecule has 0 radical (unpaired) electrons. The van der Waals surface area contributed by atoms with Crippen LogP contribution in [0.3, 0.4) is 0 Å². The molecule has 0 N–H and O–H groups in total. The van der Waals surface area contributed by atoms with Gasteiger partial charge in [0.25, 0.3) is 11.9 Å². The molecular weight excluding hydrogens is 553 g/mol. The van der Waals surface area contributed by atoms with Gasteiger partial charge in [-0.15, -0.1) is 0 Å². The average molecular weight is 595 g/mol. The van der Waals surface area contributed by atoms with Crippen LogP contribution < -0.4 is 20.7 Å². The zero-order valence-corrected chi connectivity index (χ0v) is 27.6. The van der Waals surface area contributed by atoms with E-state index in [4.69, 9.17) is 8.85 Å². The van der Waals surface area contributed by atoms with E-state index in [1.165, 1.54) is 0 Å². The van der Waals surface area contributed by atoms with Crippen LogP contribution in [0.2, 0.25) is 10.1 Å². The molecule has 0 saturated carbocycles. The number of carbonyl (C=O) groups excluding carboxylic acids is 2. The molecule has 0 bridgehead atoms. The van der Waals surface area contributed by atoms with Gasteiger partial charge in [-0.05, 0) is 30.8 Å². The maximum absolute atomic E-state index is 13.7. The summed E-state index contributed by atoms with van der Waals surface area (Å²) in [4.78, 5) is 27.3. The van der Waals surface area contributed by atoms with E-state index >= 15 is 0 Å². The Balaban J connectivity index is 1.64. The van der Waals surface area contributed by atoms with Gasteiger partial charge in [-0.2, -0.15) is 0 Å². The van der Waals surface area contributed by atoms with Crippen molar-refractivity contribution in [3.8, 4) is 0 Å². The lowest BCUT2D eigenvalue weighted by atomic mass is 10.2. The fourth-order valence-corrected chi connectivity index (χ4v) is 14.7. The van der Waals surface area contributed by atoms with Crippen molar-refractivity contribution in [3.63, 3.8) is 0 Å². The molecule has 0 fully saturated rings. The molecule has 0 spiro atoms. The highest BCUT2D eigenvalue weighted by Gasteiger charge is 2.54. The van der Waals surface area contributed by atoms with Crippen LogP contribution in [0.5, 0.6) is 0 Å². The largest absolute Gasteiger partial charge is 0.510 e. The third kappa shape index (κ3) is 6.20. The van der Waals surface area contributed by atoms with E-state index in [9.17, 15) is 9.59 Å². The molecule has 0 aliphatic carbocycles. The fraction of sp³-hybridized carbons (Fsp3) is 0.278. The van der Waals surface area contributed by atoms with Crippen molar-refractivity contribution in [3.05, 3.63) is 121 Å². The van der Waals surface area contributed by atoms with Gasteiger partial charge in [0.1, 0.15) is 0 Å². The zero-order valence-electron chi connectivity index (χ0n) is 25.6. The molecule has 0 atom stereocenters. The lowest BCUT2D eigenvalue weighted by molar-refractivity contribution is -0.141. The van der Waals surface area contributed by atoms with Gasteiger partial charge in [-0.3, -0.25) is 9.59 Å². The molecule has 0 aliphatic rings. The summed E-state index contributed by atoms with van der Waals surface area (Å²) in [6.45, 7) is 12.8. The predicted molar refractivity (Wildman–Crippen MR) is 177 cm³/mol. The second kappa shape index (κ2) is 12.6. The minimum atomic E-state index is -3.06. The highest BCUT2D eigenvalue weighted by atomic mass is 28.4. The second-order valence-corrected chi connectivity index (χ2v) is 21.2. The van der Waals surface area contributed by atoms with Crippen molar-refractivity contribution in [2.45, 2.75) is 64.5 Å². The molecule has 6 heteroatoms. The Bertz CT molecular complexity index is 1270. The van der Waals surface area contributed by atoms with Crippen molar-refractivity contribution < 1.29 is 18.4 Å². The number of hydrogen-bond donors (Lipinski definition) is 0. The van der Waals surface area contributed by atoms with Crippen molar-refractivity contribution in [2.24, 2.45) is 0 Å². The summed E-state index contributed by atoms with van der Waals surface area (Å²) in [5.41, 5.74) is 0. The molecule has 0 unspecified atom stereocenters. The van der Waals surface area contributed by atoms with Gasteiger partial charge in [0.15, 0.2) is 0 Å². The average Bonchev–Trinajstić information content (AvgIpc) is 2.98. The zero-order chi connectivity index (χ0) is 30.4. The Labute approximate surface area is 253 Å². The van der Waals surface area contributed by atoms with E-state index in [0.717, 1.165) is 20.7 Å². The summed E-state index contributed by atoms with van der Waals surface area (Å²) in [7, 11) is -6.12. The topological polar surface area (TPSA) is 52.6 Å². The number of benzene rings is 4. The standard InChI is InChI=1S/C36H42O4Si2/c1-35(2,3)41(29-19-11-7-12-20-29,30-21-13-8-14-22-30)39-33(37)27-28-34(38)40-42(36(4,5)6,31-23-15-9-16-24-31)32-25-17-10-18-26-32/h7-26H,27-28H2,1-6H3. The first-order chi connectivity index (χ1) is 19.9. The van der Waals surface area contributed by atoms with E-state index in [2.05, 4.69) is 90.1 Å². The maximum Gasteiger partial charge on any atom is 0.323 e. The van der Waals surface area contributed by atoms with Crippen LogP contribution in [-0.4, -0.2) is 28.6 Å². The van der Waals surface area contributed by atoms with E-state index < -0.39 is 16.6 Å². The van der Waals surface area contributed by atoms with Gasteiger partial charge in [-0.1, -0.05) is 163 Å². The van der Waals surface area contributed by atoms with E-state index in [-0.39, 0.29) is 34.9 Å². The lowest BCUT2D eigenvalue weighted by Gasteiger charge is -2.42. The monoisotopic (exact) mass is 594 g/mol. The molecule has 0 amide bonds. The molecular formula is C36H42O4Si2. The summed E-state index contributed by atoms with van der Waals surface area (Å²) in [6, 6.07) is 40.2. The molecule has 4 aromatic rings. The summed E-state index contributed by atoms with van der Waals surface area (Å²) in [5.74, 6) is -0.771. The van der Waals surface area contributed by atoms with Crippen LogP contribution in [0.4, 0.5) is 0 Å². The third-order valence-corrected chi connectivity index (χ3v) is 17.8. The Kier molecular flexibility index (Phi) is 9.38. The van der Waals surface area contributed by atoms with Gasteiger partial charge < -0.3 is 8.85 Å². The van der Waals surface area contributed by atoms with Crippen LogP contribution in [0.1, 0.15) is 54.4 Å². The van der Waals surface area contributed by atoms with E-state index in [1.807, 2.05) is 72.8 Å². The van der Waals surface area contributed by atoms with Gasteiger partial charge in [0.05, 0.1) is 12.8 Å². The van der Waals surface area contributed by atoms with Gasteiger partial charge in [0.2, 0.25) is 0 Å². The third-order valence-electron chi connectivity index (χ3n) is 7.90. The fourth-order valence-electron chi connectivity index (χ4n) is 5.95. The maximum atomic E-state index is 13.7. The summed E-state index contributed by atoms with van der Waals surface area (Å²) >= 11 is 0. The summed E-state index contributed by atoms with van der Waals surface area (Å²) in [5, 5.41) is 3.39. The van der Waals surface area contributed by atoms with Crippen molar-refractivity contribution in [1.29, 1.82) is 0 Å². The molecule has 4 aromatic carbocycles. The van der Waals surface area contributed by atoms with Crippen molar-refractivity contribution in [2.75, 3.05) is 0 Å². The van der Waals surface area contributed by atoms with Crippen LogP contribution in [0.25, 0.3) is 0 Å². The van der Waals surface area contributed by atoms with E-state index in [1.54, 1.807) is 0 Å². The number of rotatable bonds is 9. The minimum absolute atomic E-state index is 0.0540. The second-order valence-electron chi connectivity index (χ2n) is 12.8. The molecule has 218 valence electrons. The first kappa shape index (κ1) is 31.2. The Morgan fingerprint density at radius 3 is 0.857 bits per heavy atom. The van der Waals surface area contributed by atoms with Crippen molar-refractivity contribution >= 4 is 49.3 Å².